The molecule has 1 aliphatic heterocycles. The zero-order valence-electron chi connectivity index (χ0n) is 8.87. The Bertz CT molecular complexity index is 357. The van der Waals surface area contributed by atoms with Gasteiger partial charge in [-0.25, -0.2) is 0 Å². The summed E-state index contributed by atoms with van der Waals surface area (Å²) < 4.78 is 49.6. The second kappa shape index (κ2) is 4.93. The number of ether oxygens (including phenoxy) is 3. The number of rotatable bonds is 5. The fourth-order valence-electron chi connectivity index (χ4n) is 1.26. The van der Waals surface area contributed by atoms with E-state index in [1.54, 1.807) is 0 Å². The first-order chi connectivity index (χ1) is 8.03. The fraction of sp³-hybridized carbons (Fsp3) is 0.455. The molecule has 0 spiro atoms. The minimum Gasteiger partial charge on any atom is -0.406 e. The molecule has 3 nitrogen and oxygen atoms in total. The monoisotopic (exact) mass is 248 g/mol. The van der Waals surface area contributed by atoms with Crippen molar-refractivity contribution in [2.24, 2.45) is 0 Å². The van der Waals surface area contributed by atoms with Crippen molar-refractivity contribution in [1.29, 1.82) is 0 Å². The quantitative estimate of drug-likeness (QED) is 0.750. The molecule has 0 bridgehead atoms. The Labute approximate surface area is 96.1 Å². The van der Waals surface area contributed by atoms with Crippen LogP contribution >= 0.6 is 0 Å². The predicted octanol–water partition coefficient (Wildman–Crippen LogP) is 2.50. The first-order valence-electron chi connectivity index (χ1n) is 5.07. The van der Waals surface area contributed by atoms with Crippen molar-refractivity contribution in [3.8, 4) is 5.75 Å². The van der Waals surface area contributed by atoms with Crippen LogP contribution in [0.4, 0.5) is 13.2 Å². The number of epoxide rings is 1. The van der Waals surface area contributed by atoms with Gasteiger partial charge in [-0.05, 0) is 17.7 Å². The predicted molar refractivity (Wildman–Crippen MR) is 52.5 cm³/mol. The summed E-state index contributed by atoms with van der Waals surface area (Å²) in [5.74, 6) is -0.230. The second-order valence-corrected chi connectivity index (χ2v) is 3.66. The highest BCUT2D eigenvalue weighted by molar-refractivity contribution is 5.27. The van der Waals surface area contributed by atoms with E-state index in [1.165, 1.54) is 24.3 Å². The molecular weight excluding hydrogens is 237 g/mol. The third-order valence-electron chi connectivity index (χ3n) is 2.13. The minimum atomic E-state index is -4.65. The molecule has 0 N–H and O–H groups in total. The summed E-state index contributed by atoms with van der Waals surface area (Å²) in [6, 6.07) is 5.60. The summed E-state index contributed by atoms with van der Waals surface area (Å²) in [4.78, 5) is 0. The van der Waals surface area contributed by atoms with Crippen LogP contribution in [-0.4, -0.2) is 25.7 Å². The zero-order valence-corrected chi connectivity index (χ0v) is 8.87. The van der Waals surface area contributed by atoms with Gasteiger partial charge >= 0.3 is 6.36 Å². The van der Waals surface area contributed by atoms with Crippen LogP contribution in [0, 0.1) is 0 Å². The van der Waals surface area contributed by atoms with Gasteiger partial charge < -0.3 is 14.2 Å². The van der Waals surface area contributed by atoms with Crippen LogP contribution in [0.1, 0.15) is 5.56 Å². The lowest BCUT2D eigenvalue weighted by atomic mass is 10.2. The van der Waals surface area contributed by atoms with Gasteiger partial charge in [0.15, 0.2) is 0 Å². The van der Waals surface area contributed by atoms with E-state index in [4.69, 9.17) is 9.47 Å². The summed E-state index contributed by atoms with van der Waals surface area (Å²) in [5, 5.41) is 0. The lowest BCUT2D eigenvalue weighted by molar-refractivity contribution is -0.274. The normalized spacial score (nSPS) is 19.1. The van der Waals surface area contributed by atoms with Gasteiger partial charge in [0.2, 0.25) is 0 Å². The Hall–Kier alpha value is -1.27. The van der Waals surface area contributed by atoms with Crippen molar-refractivity contribution in [2.45, 2.75) is 19.1 Å². The lowest BCUT2D eigenvalue weighted by Crippen LogP contribution is -2.17. The molecule has 1 atom stereocenters. The Balaban J connectivity index is 1.79. The SMILES string of the molecule is FC(F)(F)Oc1ccc(COCC2CO2)cc1. The van der Waals surface area contributed by atoms with Crippen LogP contribution in [-0.2, 0) is 16.1 Å². The van der Waals surface area contributed by atoms with E-state index in [-0.39, 0.29) is 11.9 Å². The molecular formula is C11H11F3O3. The molecule has 0 aliphatic carbocycles. The van der Waals surface area contributed by atoms with Crippen LogP contribution < -0.4 is 4.74 Å². The van der Waals surface area contributed by atoms with Crippen molar-refractivity contribution >= 4 is 0 Å². The van der Waals surface area contributed by atoms with E-state index in [0.717, 1.165) is 12.2 Å². The van der Waals surface area contributed by atoms with E-state index < -0.39 is 6.36 Å². The molecule has 0 saturated carbocycles. The van der Waals surface area contributed by atoms with E-state index in [1.807, 2.05) is 0 Å². The van der Waals surface area contributed by atoms with Gasteiger partial charge in [0.25, 0.3) is 0 Å². The average molecular weight is 248 g/mol. The molecule has 1 fully saturated rings. The van der Waals surface area contributed by atoms with Crippen LogP contribution in [0.15, 0.2) is 24.3 Å². The molecule has 2 rings (SSSR count). The number of alkyl halides is 3. The maximum Gasteiger partial charge on any atom is 0.573 e. The van der Waals surface area contributed by atoms with Crippen molar-refractivity contribution < 1.29 is 27.4 Å². The topological polar surface area (TPSA) is 31.0 Å². The highest BCUT2D eigenvalue weighted by Crippen LogP contribution is 2.23. The maximum atomic E-state index is 11.9. The van der Waals surface area contributed by atoms with Crippen LogP contribution in [0.5, 0.6) is 5.75 Å². The van der Waals surface area contributed by atoms with Crippen LogP contribution in [0.3, 0.4) is 0 Å². The Morgan fingerprint density at radius 2 is 1.88 bits per heavy atom. The molecule has 1 saturated heterocycles. The minimum absolute atomic E-state index is 0.183. The van der Waals surface area contributed by atoms with Gasteiger partial charge in [-0.3, -0.25) is 0 Å². The summed E-state index contributed by atoms with van der Waals surface area (Å²) in [6.45, 7) is 1.59. The molecule has 1 heterocycles. The molecule has 0 amide bonds. The molecule has 1 aromatic rings. The van der Waals surface area contributed by atoms with Crippen molar-refractivity contribution in [2.75, 3.05) is 13.2 Å². The highest BCUT2D eigenvalue weighted by Gasteiger charge is 2.30. The van der Waals surface area contributed by atoms with Gasteiger partial charge in [0.1, 0.15) is 11.9 Å². The van der Waals surface area contributed by atoms with Crippen molar-refractivity contribution in [3.63, 3.8) is 0 Å². The Kier molecular flexibility index (Phi) is 3.54. The third-order valence-corrected chi connectivity index (χ3v) is 2.13. The number of hydrogen-bond donors (Lipinski definition) is 0. The average Bonchev–Trinajstić information content (AvgIpc) is 3.02. The largest absolute Gasteiger partial charge is 0.573 e. The molecule has 0 aromatic heterocycles. The van der Waals surface area contributed by atoms with Crippen molar-refractivity contribution in [1.82, 2.24) is 0 Å². The van der Waals surface area contributed by atoms with Gasteiger partial charge in [-0.15, -0.1) is 13.2 Å². The Morgan fingerprint density at radius 1 is 1.24 bits per heavy atom. The lowest BCUT2D eigenvalue weighted by Gasteiger charge is -2.09. The van der Waals surface area contributed by atoms with E-state index in [2.05, 4.69) is 4.74 Å². The number of hydrogen-bond acceptors (Lipinski definition) is 3. The summed E-state index contributed by atoms with van der Waals surface area (Å²) in [7, 11) is 0. The third kappa shape index (κ3) is 4.62. The molecule has 1 aliphatic rings. The summed E-state index contributed by atoms with van der Waals surface area (Å²) in [5.41, 5.74) is 0.792. The molecule has 94 valence electrons. The van der Waals surface area contributed by atoms with Gasteiger partial charge in [-0.2, -0.15) is 0 Å². The Morgan fingerprint density at radius 3 is 2.41 bits per heavy atom. The van der Waals surface area contributed by atoms with E-state index >= 15 is 0 Å². The fourth-order valence-corrected chi connectivity index (χ4v) is 1.26. The van der Waals surface area contributed by atoms with E-state index in [0.29, 0.717) is 13.2 Å². The molecule has 6 heteroatoms. The van der Waals surface area contributed by atoms with E-state index in [9.17, 15) is 13.2 Å². The molecule has 0 radical (unpaired) electrons. The second-order valence-electron chi connectivity index (χ2n) is 3.66. The smallest absolute Gasteiger partial charge is 0.406 e. The zero-order chi connectivity index (χ0) is 12.3. The molecule has 1 aromatic carbocycles. The first-order valence-corrected chi connectivity index (χ1v) is 5.07. The molecule has 17 heavy (non-hydrogen) atoms. The molecule has 1 unspecified atom stereocenters. The van der Waals surface area contributed by atoms with Crippen LogP contribution in [0.25, 0.3) is 0 Å². The summed E-state index contributed by atoms with van der Waals surface area (Å²) in [6.07, 6.45) is -4.47. The van der Waals surface area contributed by atoms with Crippen molar-refractivity contribution in [3.05, 3.63) is 29.8 Å². The number of halogens is 3. The standard InChI is InChI=1S/C11H11F3O3/c12-11(13,14)17-9-3-1-8(2-4-9)5-15-6-10-7-16-10/h1-4,10H,5-7H2. The van der Waals surface area contributed by atoms with Gasteiger partial charge in [0.05, 0.1) is 19.8 Å². The summed E-state index contributed by atoms with van der Waals surface area (Å²) >= 11 is 0. The number of benzene rings is 1. The van der Waals surface area contributed by atoms with Crippen LogP contribution in [0.2, 0.25) is 0 Å². The van der Waals surface area contributed by atoms with Gasteiger partial charge in [-0.1, -0.05) is 12.1 Å². The maximum absolute atomic E-state index is 11.9. The van der Waals surface area contributed by atoms with Gasteiger partial charge in [0, 0.05) is 0 Å². The first kappa shape index (κ1) is 12.2. The highest BCUT2D eigenvalue weighted by atomic mass is 19.4.